The first-order valence-electron chi connectivity index (χ1n) is 5.89. The molecule has 0 bridgehead atoms. The molecule has 0 radical (unpaired) electrons. The molecular formula is C14H19N. The van der Waals surface area contributed by atoms with Crippen molar-refractivity contribution in [3.05, 3.63) is 41.5 Å². The summed E-state index contributed by atoms with van der Waals surface area (Å²) in [7, 11) is 0. The monoisotopic (exact) mass is 201 g/mol. The predicted octanol–water partition coefficient (Wildman–Crippen LogP) is 3.66. The molecule has 0 aliphatic heterocycles. The van der Waals surface area contributed by atoms with Gasteiger partial charge in [0.05, 0.1) is 0 Å². The fourth-order valence-electron chi connectivity index (χ4n) is 2.33. The lowest BCUT2D eigenvalue weighted by Crippen LogP contribution is -1.94. The minimum Gasteiger partial charge on any atom is -0.398 e. The molecule has 0 aromatic heterocycles. The molecule has 0 saturated carbocycles. The predicted molar refractivity (Wildman–Crippen MR) is 65.5 cm³/mol. The Labute approximate surface area is 92.0 Å². The smallest absolute Gasteiger partial charge is 0.0356 e. The van der Waals surface area contributed by atoms with Crippen LogP contribution in [0.5, 0.6) is 0 Å². The zero-order valence-electron chi connectivity index (χ0n) is 9.37. The van der Waals surface area contributed by atoms with E-state index in [9.17, 15) is 0 Å². The third kappa shape index (κ3) is 2.06. The van der Waals surface area contributed by atoms with Gasteiger partial charge in [-0.3, -0.25) is 0 Å². The van der Waals surface area contributed by atoms with Gasteiger partial charge < -0.3 is 5.73 Å². The van der Waals surface area contributed by atoms with Crippen molar-refractivity contribution in [2.45, 2.75) is 38.5 Å². The molecule has 2 N–H and O–H groups in total. The van der Waals surface area contributed by atoms with Crippen LogP contribution in [-0.2, 0) is 0 Å². The lowest BCUT2D eigenvalue weighted by atomic mass is 9.95. The SMILES string of the molecule is CCCCCC1C=C(N)c2ccccc21. The minimum atomic E-state index is 0.563. The lowest BCUT2D eigenvalue weighted by Gasteiger charge is -2.09. The van der Waals surface area contributed by atoms with E-state index >= 15 is 0 Å². The summed E-state index contributed by atoms with van der Waals surface area (Å²) in [5, 5.41) is 0. The molecule has 80 valence electrons. The zero-order chi connectivity index (χ0) is 10.7. The molecule has 0 spiro atoms. The second kappa shape index (κ2) is 4.52. The highest BCUT2D eigenvalue weighted by Crippen LogP contribution is 2.36. The topological polar surface area (TPSA) is 26.0 Å². The van der Waals surface area contributed by atoms with E-state index in [1.54, 1.807) is 0 Å². The molecule has 0 amide bonds. The van der Waals surface area contributed by atoms with Gasteiger partial charge in [0.2, 0.25) is 0 Å². The van der Waals surface area contributed by atoms with Crippen molar-refractivity contribution in [1.29, 1.82) is 0 Å². The zero-order valence-corrected chi connectivity index (χ0v) is 9.37. The number of hydrogen-bond acceptors (Lipinski definition) is 1. The van der Waals surface area contributed by atoms with E-state index in [0.29, 0.717) is 5.92 Å². The molecule has 1 atom stereocenters. The number of rotatable bonds is 4. The van der Waals surface area contributed by atoms with Gasteiger partial charge in [0.15, 0.2) is 0 Å². The van der Waals surface area contributed by atoms with Crippen molar-refractivity contribution in [1.82, 2.24) is 0 Å². The maximum absolute atomic E-state index is 6.00. The Bertz CT molecular complexity index is 365. The Morgan fingerprint density at radius 3 is 2.80 bits per heavy atom. The molecule has 1 nitrogen and oxygen atoms in total. The molecular weight excluding hydrogens is 182 g/mol. The molecule has 1 heteroatoms. The molecule has 0 heterocycles. The van der Waals surface area contributed by atoms with Crippen LogP contribution in [0.2, 0.25) is 0 Å². The summed E-state index contributed by atoms with van der Waals surface area (Å²) < 4.78 is 0. The fraction of sp³-hybridized carbons (Fsp3) is 0.429. The van der Waals surface area contributed by atoms with Crippen molar-refractivity contribution in [2.24, 2.45) is 5.73 Å². The van der Waals surface area contributed by atoms with Crippen LogP contribution >= 0.6 is 0 Å². The van der Waals surface area contributed by atoms with Crippen LogP contribution in [-0.4, -0.2) is 0 Å². The van der Waals surface area contributed by atoms with Crippen LogP contribution < -0.4 is 5.73 Å². The first kappa shape index (κ1) is 10.3. The maximum atomic E-state index is 6.00. The molecule has 1 aliphatic rings. The van der Waals surface area contributed by atoms with Crippen molar-refractivity contribution in [2.75, 3.05) is 0 Å². The highest BCUT2D eigenvalue weighted by molar-refractivity contribution is 5.72. The molecule has 1 aromatic rings. The molecule has 2 rings (SSSR count). The second-order valence-electron chi connectivity index (χ2n) is 4.31. The summed E-state index contributed by atoms with van der Waals surface area (Å²) in [5.41, 5.74) is 9.64. The normalized spacial score (nSPS) is 18.7. The van der Waals surface area contributed by atoms with Gasteiger partial charge in [0.1, 0.15) is 0 Å². The molecule has 0 fully saturated rings. The largest absolute Gasteiger partial charge is 0.398 e. The van der Waals surface area contributed by atoms with Crippen LogP contribution in [0.15, 0.2) is 30.3 Å². The van der Waals surface area contributed by atoms with Crippen LogP contribution in [0.25, 0.3) is 5.70 Å². The quantitative estimate of drug-likeness (QED) is 0.739. The molecule has 0 saturated heterocycles. The van der Waals surface area contributed by atoms with E-state index in [4.69, 9.17) is 5.73 Å². The van der Waals surface area contributed by atoms with Crippen molar-refractivity contribution >= 4 is 5.70 Å². The van der Waals surface area contributed by atoms with Gasteiger partial charge in [-0.05, 0) is 12.0 Å². The van der Waals surface area contributed by atoms with E-state index in [0.717, 1.165) is 5.70 Å². The molecule has 1 unspecified atom stereocenters. The number of fused-ring (bicyclic) bond motifs is 1. The number of nitrogens with two attached hydrogens (primary N) is 1. The average Bonchev–Trinajstić information content (AvgIpc) is 2.58. The van der Waals surface area contributed by atoms with E-state index in [1.165, 1.54) is 36.8 Å². The first-order chi connectivity index (χ1) is 7.33. The molecule has 1 aromatic carbocycles. The Morgan fingerprint density at radius 1 is 1.20 bits per heavy atom. The Balaban J connectivity index is 2.10. The number of benzene rings is 1. The van der Waals surface area contributed by atoms with Gasteiger partial charge in [-0.1, -0.05) is 56.5 Å². The van der Waals surface area contributed by atoms with Crippen molar-refractivity contribution in [3.63, 3.8) is 0 Å². The Kier molecular flexibility index (Phi) is 3.10. The van der Waals surface area contributed by atoms with E-state index < -0.39 is 0 Å². The van der Waals surface area contributed by atoms with Gasteiger partial charge >= 0.3 is 0 Å². The second-order valence-corrected chi connectivity index (χ2v) is 4.31. The summed E-state index contributed by atoms with van der Waals surface area (Å²) >= 11 is 0. The van der Waals surface area contributed by atoms with E-state index in [1.807, 2.05) is 0 Å². The van der Waals surface area contributed by atoms with Gasteiger partial charge in [0.25, 0.3) is 0 Å². The van der Waals surface area contributed by atoms with Crippen LogP contribution in [0.4, 0.5) is 0 Å². The van der Waals surface area contributed by atoms with Gasteiger partial charge in [-0.25, -0.2) is 0 Å². The summed E-state index contributed by atoms with van der Waals surface area (Å²) in [6.07, 6.45) is 7.38. The third-order valence-electron chi connectivity index (χ3n) is 3.17. The summed E-state index contributed by atoms with van der Waals surface area (Å²) in [4.78, 5) is 0. The number of hydrogen-bond donors (Lipinski definition) is 1. The van der Waals surface area contributed by atoms with Crippen LogP contribution in [0.1, 0.15) is 49.7 Å². The van der Waals surface area contributed by atoms with E-state index in [2.05, 4.69) is 37.3 Å². The third-order valence-corrected chi connectivity index (χ3v) is 3.17. The molecule has 1 aliphatic carbocycles. The van der Waals surface area contributed by atoms with Crippen LogP contribution in [0.3, 0.4) is 0 Å². The highest BCUT2D eigenvalue weighted by atomic mass is 14.6. The average molecular weight is 201 g/mol. The number of unbranched alkanes of at least 4 members (excludes halogenated alkanes) is 2. The summed E-state index contributed by atoms with van der Waals surface area (Å²) in [6, 6.07) is 8.51. The van der Waals surface area contributed by atoms with Crippen molar-refractivity contribution < 1.29 is 0 Å². The van der Waals surface area contributed by atoms with Gasteiger partial charge in [0, 0.05) is 17.2 Å². The van der Waals surface area contributed by atoms with Gasteiger partial charge in [-0.2, -0.15) is 0 Å². The fourth-order valence-corrected chi connectivity index (χ4v) is 2.33. The van der Waals surface area contributed by atoms with Gasteiger partial charge in [-0.15, -0.1) is 0 Å². The van der Waals surface area contributed by atoms with E-state index in [-0.39, 0.29) is 0 Å². The van der Waals surface area contributed by atoms with Crippen molar-refractivity contribution in [3.8, 4) is 0 Å². The Morgan fingerprint density at radius 2 is 2.00 bits per heavy atom. The number of allylic oxidation sites excluding steroid dienone is 1. The van der Waals surface area contributed by atoms with Crippen LogP contribution in [0, 0.1) is 0 Å². The minimum absolute atomic E-state index is 0.563. The summed E-state index contributed by atoms with van der Waals surface area (Å²) in [5.74, 6) is 0.563. The first-order valence-corrected chi connectivity index (χ1v) is 5.89. The standard InChI is InChI=1S/C14H19N/c1-2-3-4-7-11-10-14(15)13-9-6-5-8-12(11)13/h5-6,8-11H,2-4,7,15H2,1H3. The lowest BCUT2D eigenvalue weighted by molar-refractivity contribution is 0.632. The summed E-state index contributed by atoms with van der Waals surface area (Å²) in [6.45, 7) is 2.24. The Hall–Kier alpha value is -1.24. The maximum Gasteiger partial charge on any atom is 0.0356 e. The molecule has 15 heavy (non-hydrogen) atoms. The highest BCUT2D eigenvalue weighted by Gasteiger charge is 2.20.